The molecule has 2 nitrogen and oxygen atoms in total. The molecular formula is C55H34N2. The maximum absolute atomic E-state index is 5.13. The van der Waals surface area contributed by atoms with Crippen molar-refractivity contribution in [2.45, 2.75) is 5.41 Å². The third kappa shape index (κ3) is 4.71. The lowest BCUT2D eigenvalue weighted by Gasteiger charge is -2.30. The van der Waals surface area contributed by atoms with Crippen LogP contribution in [0.1, 0.15) is 22.3 Å². The molecule has 2 aliphatic carbocycles. The fourth-order valence-electron chi connectivity index (χ4n) is 9.76. The van der Waals surface area contributed by atoms with E-state index in [-0.39, 0.29) is 0 Å². The van der Waals surface area contributed by atoms with Crippen LogP contribution in [0, 0.1) is 0 Å². The second kappa shape index (κ2) is 12.3. The molecule has 1 spiro atoms. The van der Waals surface area contributed by atoms with Crippen LogP contribution < -0.4 is 0 Å². The van der Waals surface area contributed by atoms with Crippen LogP contribution in [0.15, 0.2) is 206 Å². The minimum atomic E-state index is -0.411. The van der Waals surface area contributed by atoms with E-state index in [4.69, 9.17) is 9.97 Å². The molecule has 0 radical (unpaired) electrons. The van der Waals surface area contributed by atoms with Crippen molar-refractivity contribution in [3.05, 3.63) is 229 Å². The van der Waals surface area contributed by atoms with Crippen molar-refractivity contribution in [2.24, 2.45) is 0 Å². The molecule has 9 aromatic carbocycles. The van der Waals surface area contributed by atoms with Gasteiger partial charge in [0.05, 0.1) is 16.8 Å². The summed E-state index contributed by atoms with van der Waals surface area (Å²) in [5, 5.41) is 5.04. The molecule has 0 amide bonds. The van der Waals surface area contributed by atoms with E-state index in [2.05, 4.69) is 182 Å². The lowest BCUT2D eigenvalue weighted by atomic mass is 9.70. The standard InChI is InChI=1S/C55H34N2/c1-3-15-36(16-4-1)51-34-52(57-54(56-51)37-17-5-2-6-18-37)41-20-13-19-38(30-41)39-26-27-40-32-46-50(33-42(40)31-39)55(49-29-28-35-14-7-8-21-43(35)53(46)49)47-24-11-9-22-44(47)45-23-10-12-25-48(45)55/h1-34H. The predicted molar refractivity (Wildman–Crippen MR) is 235 cm³/mol. The number of fused-ring (bicyclic) bond motifs is 13. The first-order valence-electron chi connectivity index (χ1n) is 19.6. The van der Waals surface area contributed by atoms with Gasteiger partial charge in [-0.3, -0.25) is 0 Å². The van der Waals surface area contributed by atoms with Crippen LogP contribution in [0.3, 0.4) is 0 Å². The minimum Gasteiger partial charge on any atom is -0.228 e. The van der Waals surface area contributed by atoms with E-state index in [1.54, 1.807) is 0 Å². The van der Waals surface area contributed by atoms with E-state index >= 15 is 0 Å². The lowest BCUT2D eigenvalue weighted by molar-refractivity contribution is 0.795. The van der Waals surface area contributed by atoms with E-state index in [0.29, 0.717) is 0 Å². The fourth-order valence-corrected chi connectivity index (χ4v) is 9.76. The van der Waals surface area contributed by atoms with Gasteiger partial charge in [0.2, 0.25) is 0 Å². The Bertz CT molecular complexity index is 3130. The molecule has 0 bridgehead atoms. The van der Waals surface area contributed by atoms with E-state index in [1.165, 1.54) is 71.6 Å². The smallest absolute Gasteiger partial charge is 0.160 e. The largest absolute Gasteiger partial charge is 0.228 e. The molecule has 57 heavy (non-hydrogen) atoms. The first-order valence-corrected chi connectivity index (χ1v) is 19.6. The fraction of sp³-hybridized carbons (Fsp3) is 0.0182. The Balaban J connectivity index is 1.04. The molecule has 2 aliphatic rings. The molecule has 0 N–H and O–H groups in total. The van der Waals surface area contributed by atoms with E-state index in [9.17, 15) is 0 Å². The van der Waals surface area contributed by atoms with E-state index < -0.39 is 5.41 Å². The van der Waals surface area contributed by atoms with Crippen LogP contribution in [0.25, 0.3) is 88.8 Å². The molecule has 0 saturated heterocycles. The van der Waals surface area contributed by atoms with Gasteiger partial charge in [0, 0.05) is 16.7 Å². The number of aromatic nitrogens is 2. The molecule has 0 fully saturated rings. The van der Waals surface area contributed by atoms with Gasteiger partial charge in [0.1, 0.15) is 0 Å². The van der Waals surface area contributed by atoms with Crippen molar-refractivity contribution >= 4 is 21.5 Å². The lowest BCUT2D eigenvalue weighted by Crippen LogP contribution is -2.25. The van der Waals surface area contributed by atoms with Crippen LogP contribution in [0.5, 0.6) is 0 Å². The third-order valence-electron chi connectivity index (χ3n) is 12.3. The molecular weight excluding hydrogens is 689 g/mol. The second-order valence-corrected chi connectivity index (χ2v) is 15.3. The molecule has 12 rings (SSSR count). The Labute approximate surface area is 331 Å². The number of hydrogen-bond acceptors (Lipinski definition) is 2. The zero-order valence-electron chi connectivity index (χ0n) is 31.0. The quantitative estimate of drug-likeness (QED) is 0.181. The summed E-state index contributed by atoms with van der Waals surface area (Å²) in [6.45, 7) is 0. The monoisotopic (exact) mass is 722 g/mol. The average molecular weight is 723 g/mol. The Morgan fingerprint density at radius 3 is 1.67 bits per heavy atom. The molecule has 10 aromatic rings. The molecule has 1 heterocycles. The summed E-state index contributed by atoms with van der Waals surface area (Å²) >= 11 is 0. The molecule has 0 saturated carbocycles. The van der Waals surface area contributed by atoms with Gasteiger partial charge in [-0.05, 0) is 108 Å². The van der Waals surface area contributed by atoms with Crippen LogP contribution in [0.2, 0.25) is 0 Å². The van der Waals surface area contributed by atoms with Gasteiger partial charge < -0.3 is 0 Å². The summed E-state index contributed by atoms with van der Waals surface area (Å²) in [6, 6.07) is 75.1. The maximum atomic E-state index is 5.13. The van der Waals surface area contributed by atoms with Gasteiger partial charge in [-0.25, -0.2) is 9.97 Å². The van der Waals surface area contributed by atoms with Gasteiger partial charge in [-0.2, -0.15) is 0 Å². The summed E-state index contributed by atoms with van der Waals surface area (Å²) < 4.78 is 0. The Morgan fingerprint density at radius 2 is 0.895 bits per heavy atom. The van der Waals surface area contributed by atoms with E-state index in [0.717, 1.165) is 39.5 Å². The van der Waals surface area contributed by atoms with Crippen LogP contribution in [0.4, 0.5) is 0 Å². The van der Waals surface area contributed by atoms with Crippen LogP contribution >= 0.6 is 0 Å². The van der Waals surface area contributed by atoms with Crippen molar-refractivity contribution < 1.29 is 0 Å². The Morgan fingerprint density at radius 1 is 0.298 bits per heavy atom. The van der Waals surface area contributed by atoms with E-state index in [1.807, 2.05) is 24.3 Å². The summed E-state index contributed by atoms with van der Waals surface area (Å²) in [5.41, 5.74) is 17.6. The molecule has 1 aromatic heterocycles. The van der Waals surface area contributed by atoms with Gasteiger partial charge in [-0.15, -0.1) is 0 Å². The van der Waals surface area contributed by atoms with Crippen molar-refractivity contribution in [1.29, 1.82) is 0 Å². The van der Waals surface area contributed by atoms with Crippen molar-refractivity contribution in [3.8, 4) is 67.3 Å². The first-order chi connectivity index (χ1) is 28.2. The van der Waals surface area contributed by atoms with Gasteiger partial charge in [-0.1, -0.05) is 176 Å². The predicted octanol–water partition coefficient (Wildman–Crippen LogP) is 13.8. The Hall–Kier alpha value is -7.42. The summed E-state index contributed by atoms with van der Waals surface area (Å²) in [4.78, 5) is 10.2. The number of nitrogens with zero attached hydrogens (tertiary/aromatic N) is 2. The third-order valence-corrected chi connectivity index (χ3v) is 12.3. The summed E-state index contributed by atoms with van der Waals surface area (Å²) in [5.74, 6) is 0.717. The highest BCUT2D eigenvalue weighted by molar-refractivity contribution is 6.08. The highest BCUT2D eigenvalue weighted by atomic mass is 14.9. The van der Waals surface area contributed by atoms with Gasteiger partial charge in [0.15, 0.2) is 5.82 Å². The van der Waals surface area contributed by atoms with Crippen molar-refractivity contribution in [1.82, 2.24) is 9.97 Å². The minimum absolute atomic E-state index is 0.411. The van der Waals surface area contributed by atoms with Crippen LogP contribution in [-0.4, -0.2) is 9.97 Å². The topological polar surface area (TPSA) is 25.8 Å². The normalized spacial score (nSPS) is 13.1. The number of rotatable bonds is 4. The molecule has 264 valence electrons. The molecule has 0 unspecified atom stereocenters. The van der Waals surface area contributed by atoms with Crippen molar-refractivity contribution in [3.63, 3.8) is 0 Å². The molecule has 0 aliphatic heterocycles. The van der Waals surface area contributed by atoms with Gasteiger partial charge >= 0.3 is 0 Å². The first kappa shape index (κ1) is 31.9. The van der Waals surface area contributed by atoms with Crippen molar-refractivity contribution in [2.75, 3.05) is 0 Å². The summed E-state index contributed by atoms with van der Waals surface area (Å²) in [7, 11) is 0. The molecule has 0 atom stereocenters. The molecule has 2 heteroatoms. The highest BCUT2D eigenvalue weighted by Gasteiger charge is 2.52. The zero-order valence-corrected chi connectivity index (χ0v) is 31.0. The number of hydrogen-bond donors (Lipinski definition) is 0. The Kier molecular flexibility index (Phi) is 6.88. The maximum Gasteiger partial charge on any atom is 0.160 e. The average Bonchev–Trinajstić information content (AvgIpc) is 3.75. The second-order valence-electron chi connectivity index (χ2n) is 15.3. The van der Waals surface area contributed by atoms with Crippen LogP contribution in [-0.2, 0) is 5.41 Å². The van der Waals surface area contributed by atoms with Gasteiger partial charge in [0.25, 0.3) is 0 Å². The SMILES string of the molecule is c1ccc(-c2cc(-c3cccc(-c4ccc5cc6c(cc5c4)C4(c5ccccc5-c5ccccc54)c4ccc5ccccc5c4-6)c3)nc(-c3ccccc3)n2)cc1. The zero-order chi connectivity index (χ0) is 37.5. The highest BCUT2D eigenvalue weighted by Crippen LogP contribution is 2.64. The summed E-state index contributed by atoms with van der Waals surface area (Å²) in [6.07, 6.45) is 0. The number of benzene rings is 9.